The first-order valence-electron chi connectivity index (χ1n) is 5.42. The van der Waals surface area contributed by atoms with Crippen LogP contribution in [0.5, 0.6) is 0 Å². The minimum atomic E-state index is -4.29. The molecule has 0 aromatic rings. The SMILES string of the molecule is NCC1(CCOCC(F)(F)F)CCCC1O. The number of hydrogen-bond donors (Lipinski definition) is 2. The van der Waals surface area contributed by atoms with Gasteiger partial charge in [-0.1, -0.05) is 6.42 Å². The highest BCUT2D eigenvalue weighted by Crippen LogP contribution is 2.40. The zero-order valence-corrected chi connectivity index (χ0v) is 9.09. The average molecular weight is 241 g/mol. The third-order valence-corrected chi connectivity index (χ3v) is 3.28. The fourth-order valence-electron chi connectivity index (χ4n) is 2.22. The van der Waals surface area contributed by atoms with E-state index in [1.54, 1.807) is 0 Å². The highest BCUT2D eigenvalue weighted by Gasteiger charge is 2.40. The molecule has 0 saturated heterocycles. The Morgan fingerprint density at radius 3 is 2.56 bits per heavy atom. The summed E-state index contributed by atoms with van der Waals surface area (Å²) in [5.41, 5.74) is 5.15. The van der Waals surface area contributed by atoms with Crippen molar-refractivity contribution in [1.82, 2.24) is 0 Å². The van der Waals surface area contributed by atoms with Crippen molar-refractivity contribution in [1.29, 1.82) is 0 Å². The molecule has 0 radical (unpaired) electrons. The normalized spacial score (nSPS) is 30.9. The van der Waals surface area contributed by atoms with Crippen LogP contribution in [0.25, 0.3) is 0 Å². The summed E-state index contributed by atoms with van der Waals surface area (Å²) in [6.07, 6.45) is -2.09. The van der Waals surface area contributed by atoms with Crippen LogP contribution in [0.2, 0.25) is 0 Å². The number of alkyl halides is 3. The Labute approximate surface area is 92.8 Å². The lowest BCUT2D eigenvalue weighted by molar-refractivity contribution is -0.176. The van der Waals surface area contributed by atoms with Gasteiger partial charge in [0.05, 0.1) is 6.10 Å². The Kier molecular flexibility index (Phi) is 4.58. The second-order valence-electron chi connectivity index (χ2n) is 4.39. The van der Waals surface area contributed by atoms with Gasteiger partial charge in [0.15, 0.2) is 0 Å². The minimum Gasteiger partial charge on any atom is -0.392 e. The molecule has 2 atom stereocenters. The van der Waals surface area contributed by atoms with Gasteiger partial charge in [-0.25, -0.2) is 0 Å². The van der Waals surface area contributed by atoms with E-state index in [0.29, 0.717) is 19.4 Å². The molecular weight excluding hydrogens is 223 g/mol. The standard InChI is InChI=1S/C10H18F3NO2/c11-10(12,13)7-16-5-4-9(6-14)3-1-2-8(9)15/h8,15H,1-7,14H2. The van der Waals surface area contributed by atoms with E-state index in [-0.39, 0.29) is 6.61 Å². The molecular formula is C10H18F3NO2. The Hall–Kier alpha value is -0.330. The van der Waals surface area contributed by atoms with Crippen LogP contribution in [-0.4, -0.2) is 37.1 Å². The zero-order chi connectivity index (χ0) is 12.2. The van der Waals surface area contributed by atoms with Crippen molar-refractivity contribution in [3.05, 3.63) is 0 Å². The van der Waals surface area contributed by atoms with Crippen molar-refractivity contribution in [3.8, 4) is 0 Å². The molecule has 0 spiro atoms. The Bertz CT molecular complexity index is 223. The second-order valence-corrected chi connectivity index (χ2v) is 4.39. The summed E-state index contributed by atoms with van der Waals surface area (Å²) in [5.74, 6) is 0. The molecule has 6 heteroatoms. The number of aliphatic hydroxyl groups is 1. The molecule has 1 aliphatic rings. The quantitative estimate of drug-likeness (QED) is 0.716. The molecule has 3 nitrogen and oxygen atoms in total. The maximum absolute atomic E-state index is 11.8. The predicted octanol–water partition coefficient (Wildman–Crippen LogP) is 1.45. The highest BCUT2D eigenvalue weighted by molar-refractivity contribution is 4.92. The van der Waals surface area contributed by atoms with E-state index in [1.165, 1.54) is 0 Å². The molecule has 2 unspecified atom stereocenters. The number of nitrogens with two attached hydrogens (primary N) is 1. The predicted molar refractivity (Wildman–Crippen MR) is 52.8 cm³/mol. The van der Waals surface area contributed by atoms with E-state index in [9.17, 15) is 18.3 Å². The summed E-state index contributed by atoms with van der Waals surface area (Å²) >= 11 is 0. The summed E-state index contributed by atoms with van der Waals surface area (Å²) in [6.45, 7) is -0.943. The van der Waals surface area contributed by atoms with Gasteiger partial charge in [-0.05, 0) is 19.3 Å². The van der Waals surface area contributed by atoms with Crippen molar-refractivity contribution in [2.24, 2.45) is 11.1 Å². The van der Waals surface area contributed by atoms with Gasteiger partial charge in [-0.3, -0.25) is 0 Å². The van der Waals surface area contributed by atoms with E-state index >= 15 is 0 Å². The van der Waals surface area contributed by atoms with E-state index in [1.807, 2.05) is 0 Å². The summed E-state index contributed by atoms with van der Waals surface area (Å²) in [7, 11) is 0. The molecule has 0 bridgehead atoms. The Balaban J connectivity index is 2.30. The largest absolute Gasteiger partial charge is 0.411 e. The van der Waals surface area contributed by atoms with Crippen LogP contribution < -0.4 is 5.73 Å². The maximum atomic E-state index is 11.8. The fraction of sp³-hybridized carbons (Fsp3) is 1.00. The molecule has 1 saturated carbocycles. The first-order chi connectivity index (χ1) is 7.40. The summed E-state index contributed by atoms with van der Waals surface area (Å²) in [5, 5.41) is 9.74. The van der Waals surface area contributed by atoms with Gasteiger partial charge in [0, 0.05) is 18.6 Å². The Morgan fingerprint density at radius 1 is 1.44 bits per heavy atom. The van der Waals surface area contributed by atoms with Gasteiger partial charge >= 0.3 is 6.18 Å². The molecule has 0 aliphatic heterocycles. The molecule has 0 amide bonds. The van der Waals surface area contributed by atoms with Crippen molar-refractivity contribution in [2.45, 2.75) is 38.0 Å². The first-order valence-corrected chi connectivity index (χ1v) is 5.42. The first kappa shape index (κ1) is 13.7. The molecule has 96 valence electrons. The second kappa shape index (κ2) is 5.33. The van der Waals surface area contributed by atoms with Crippen molar-refractivity contribution in [2.75, 3.05) is 19.8 Å². The summed E-state index contributed by atoms with van der Waals surface area (Å²) in [4.78, 5) is 0. The smallest absolute Gasteiger partial charge is 0.392 e. The van der Waals surface area contributed by atoms with Crippen LogP contribution in [0.4, 0.5) is 13.2 Å². The van der Waals surface area contributed by atoms with Crippen LogP contribution in [0.15, 0.2) is 0 Å². The van der Waals surface area contributed by atoms with Crippen LogP contribution >= 0.6 is 0 Å². The zero-order valence-electron chi connectivity index (χ0n) is 9.09. The van der Waals surface area contributed by atoms with Crippen LogP contribution in [0, 0.1) is 5.41 Å². The van der Waals surface area contributed by atoms with E-state index in [4.69, 9.17) is 5.73 Å². The maximum Gasteiger partial charge on any atom is 0.411 e. The van der Waals surface area contributed by atoms with Gasteiger partial charge < -0.3 is 15.6 Å². The highest BCUT2D eigenvalue weighted by atomic mass is 19.4. The van der Waals surface area contributed by atoms with Gasteiger partial charge in [0.25, 0.3) is 0 Å². The number of halogens is 3. The molecule has 1 fully saturated rings. The van der Waals surface area contributed by atoms with E-state index < -0.39 is 24.3 Å². The topological polar surface area (TPSA) is 55.5 Å². The lowest BCUT2D eigenvalue weighted by Gasteiger charge is -2.31. The third-order valence-electron chi connectivity index (χ3n) is 3.28. The van der Waals surface area contributed by atoms with E-state index in [0.717, 1.165) is 12.8 Å². The molecule has 0 aromatic carbocycles. The number of rotatable bonds is 5. The van der Waals surface area contributed by atoms with Gasteiger partial charge in [-0.15, -0.1) is 0 Å². The lowest BCUT2D eigenvalue weighted by Crippen LogP contribution is -2.38. The molecule has 0 aromatic heterocycles. The summed E-state index contributed by atoms with van der Waals surface area (Å²) in [6, 6.07) is 0. The van der Waals surface area contributed by atoms with Crippen molar-refractivity contribution < 1.29 is 23.0 Å². The molecule has 16 heavy (non-hydrogen) atoms. The fourth-order valence-corrected chi connectivity index (χ4v) is 2.22. The van der Waals surface area contributed by atoms with Gasteiger partial charge in [0.2, 0.25) is 0 Å². The lowest BCUT2D eigenvalue weighted by atomic mass is 9.81. The third kappa shape index (κ3) is 3.61. The van der Waals surface area contributed by atoms with Crippen molar-refractivity contribution in [3.63, 3.8) is 0 Å². The van der Waals surface area contributed by atoms with Crippen LogP contribution in [0.1, 0.15) is 25.7 Å². The van der Waals surface area contributed by atoms with Gasteiger partial charge in [0.1, 0.15) is 6.61 Å². The summed E-state index contributed by atoms with van der Waals surface area (Å²) < 4.78 is 40.0. The molecule has 1 aliphatic carbocycles. The number of hydrogen-bond acceptors (Lipinski definition) is 3. The Morgan fingerprint density at radius 2 is 2.12 bits per heavy atom. The van der Waals surface area contributed by atoms with Crippen LogP contribution in [-0.2, 0) is 4.74 Å². The molecule has 0 heterocycles. The molecule has 3 N–H and O–H groups in total. The van der Waals surface area contributed by atoms with E-state index in [2.05, 4.69) is 4.74 Å². The number of aliphatic hydroxyl groups excluding tert-OH is 1. The van der Waals surface area contributed by atoms with Gasteiger partial charge in [-0.2, -0.15) is 13.2 Å². The minimum absolute atomic E-state index is 0.00618. The van der Waals surface area contributed by atoms with Crippen LogP contribution in [0.3, 0.4) is 0 Å². The number of ether oxygens (including phenoxy) is 1. The monoisotopic (exact) mass is 241 g/mol. The molecule has 1 rings (SSSR count). The van der Waals surface area contributed by atoms with Crippen molar-refractivity contribution >= 4 is 0 Å². The average Bonchev–Trinajstić information content (AvgIpc) is 2.54.